The zero-order chi connectivity index (χ0) is 14.3. The van der Waals surface area contributed by atoms with E-state index in [2.05, 4.69) is 16.8 Å². The quantitative estimate of drug-likeness (QED) is 0.822. The van der Waals surface area contributed by atoms with Gasteiger partial charge in [-0.25, -0.2) is 12.8 Å². The van der Waals surface area contributed by atoms with Crippen molar-refractivity contribution in [3.05, 3.63) is 35.0 Å². The van der Waals surface area contributed by atoms with Gasteiger partial charge < -0.3 is 4.90 Å². The molecule has 1 saturated heterocycles. The molecular formula is C14H17FN2O2S. The minimum absolute atomic E-state index is 0.163. The van der Waals surface area contributed by atoms with Crippen LogP contribution in [0.25, 0.3) is 5.57 Å². The molecule has 1 aromatic rings. The number of nitrogens with zero attached hydrogens (tertiary/aromatic N) is 2. The molecule has 0 aliphatic carbocycles. The normalized spacial score (nSPS) is 22.6. The lowest BCUT2D eigenvalue weighted by Crippen LogP contribution is -2.44. The van der Waals surface area contributed by atoms with Gasteiger partial charge >= 0.3 is 0 Å². The van der Waals surface area contributed by atoms with Crippen LogP contribution in [0.15, 0.2) is 28.5 Å². The summed E-state index contributed by atoms with van der Waals surface area (Å²) in [7, 11) is -1.55. The highest BCUT2D eigenvalue weighted by Crippen LogP contribution is 2.35. The van der Waals surface area contributed by atoms with Crippen molar-refractivity contribution in [3.8, 4) is 0 Å². The van der Waals surface area contributed by atoms with E-state index in [0.717, 1.165) is 26.2 Å². The fourth-order valence-electron chi connectivity index (χ4n) is 2.73. The van der Waals surface area contributed by atoms with E-state index in [4.69, 9.17) is 0 Å². The van der Waals surface area contributed by atoms with E-state index < -0.39 is 15.7 Å². The van der Waals surface area contributed by atoms with Crippen molar-refractivity contribution >= 4 is 15.4 Å². The van der Waals surface area contributed by atoms with Crippen molar-refractivity contribution in [2.24, 2.45) is 0 Å². The van der Waals surface area contributed by atoms with Crippen LogP contribution in [0, 0.1) is 5.82 Å². The molecule has 108 valence electrons. The maximum Gasteiger partial charge on any atom is 0.203 e. The standard InChI is InChI=1S/C14H17FN2O2S/c1-16-5-7-17(8-6-16)9-11-10-20(18,19)14-12(11)3-2-4-13(14)15/h2-4,10H,5-9H2,1H3. The van der Waals surface area contributed by atoms with Crippen LogP contribution in [-0.4, -0.2) is 58.0 Å². The Labute approximate surface area is 118 Å². The Bertz CT molecular complexity index is 662. The van der Waals surface area contributed by atoms with Gasteiger partial charge in [0, 0.05) is 43.7 Å². The Morgan fingerprint density at radius 3 is 2.60 bits per heavy atom. The predicted octanol–water partition coefficient (Wildman–Crippen LogP) is 1.20. The second kappa shape index (κ2) is 4.95. The molecule has 1 aromatic carbocycles. The van der Waals surface area contributed by atoms with E-state index in [1.165, 1.54) is 11.5 Å². The van der Waals surface area contributed by atoms with Gasteiger partial charge in [0.1, 0.15) is 10.7 Å². The predicted molar refractivity (Wildman–Crippen MR) is 75.5 cm³/mol. The van der Waals surface area contributed by atoms with Crippen molar-refractivity contribution in [2.45, 2.75) is 4.90 Å². The minimum atomic E-state index is -3.62. The maximum atomic E-state index is 13.8. The molecule has 0 atom stereocenters. The molecule has 2 aliphatic heterocycles. The third-order valence-corrected chi connectivity index (χ3v) is 5.46. The molecule has 0 amide bonds. The van der Waals surface area contributed by atoms with Crippen LogP contribution in [0.3, 0.4) is 0 Å². The Hall–Kier alpha value is -1.24. The smallest absolute Gasteiger partial charge is 0.203 e. The van der Waals surface area contributed by atoms with Crippen LogP contribution in [-0.2, 0) is 9.84 Å². The van der Waals surface area contributed by atoms with Crippen molar-refractivity contribution in [3.63, 3.8) is 0 Å². The number of rotatable bonds is 2. The molecule has 1 fully saturated rings. The highest BCUT2D eigenvalue weighted by Gasteiger charge is 2.31. The number of halogens is 1. The number of benzene rings is 1. The fraction of sp³-hybridized carbons (Fsp3) is 0.429. The topological polar surface area (TPSA) is 40.6 Å². The van der Waals surface area contributed by atoms with Gasteiger partial charge in [0.25, 0.3) is 0 Å². The van der Waals surface area contributed by atoms with Crippen molar-refractivity contribution in [1.82, 2.24) is 9.80 Å². The zero-order valence-electron chi connectivity index (χ0n) is 11.3. The summed E-state index contributed by atoms with van der Waals surface area (Å²) in [6.45, 7) is 4.30. The van der Waals surface area contributed by atoms with Gasteiger partial charge in [-0.3, -0.25) is 4.90 Å². The number of fused-ring (bicyclic) bond motifs is 1. The van der Waals surface area contributed by atoms with E-state index in [0.29, 0.717) is 17.7 Å². The lowest BCUT2D eigenvalue weighted by molar-refractivity contribution is 0.168. The molecule has 4 nitrogen and oxygen atoms in total. The van der Waals surface area contributed by atoms with Crippen LogP contribution in [0.5, 0.6) is 0 Å². The van der Waals surface area contributed by atoms with Crippen LogP contribution in [0.4, 0.5) is 4.39 Å². The van der Waals surface area contributed by atoms with Gasteiger partial charge in [0.2, 0.25) is 9.84 Å². The highest BCUT2D eigenvalue weighted by atomic mass is 32.2. The van der Waals surface area contributed by atoms with Crippen molar-refractivity contribution in [2.75, 3.05) is 39.8 Å². The third kappa shape index (κ3) is 2.39. The fourth-order valence-corrected chi connectivity index (χ4v) is 4.27. The summed E-state index contributed by atoms with van der Waals surface area (Å²) in [5.41, 5.74) is 1.22. The molecule has 0 N–H and O–H groups in total. The van der Waals surface area contributed by atoms with Crippen molar-refractivity contribution < 1.29 is 12.8 Å². The zero-order valence-corrected chi connectivity index (χ0v) is 12.2. The van der Waals surface area contributed by atoms with Crippen molar-refractivity contribution in [1.29, 1.82) is 0 Å². The van der Waals surface area contributed by atoms with Gasteiger partial charge in [-0.2, -0.15) is 0 Å². The van der Waals surface area contributed by atoms with E-state index in [1.54, 1.807) is 12.1 Å². The summed E-state index contributed by atoms with van der Waals surface area (Å²) >= 11 is 0. The first-order valence-corrected chi connectivity index (χ1v) is 8.17. The molecule has 0 radical (unpaired) electrons. The molecule has 20 heavy (non-hydrogen) atoms. The summed E-state index contributed by atoms with van der Waals surface area (Å²) in [6.07, 6.45) is 0. The first kappa shape index (κ1) is 13.7. The molecule has 0 unspecified atom stereocenters. The van der Waals surface area contributed by atoms with E-state index >= 15 is 0 Å². The Morgan fingerprint density at radius 1 is 1.20 bits per heavy atom. The summed E-state index contributed by atoms with van der Waals surface area (Å²) in [5, 5.41) is 1.22. The second-order valence-electron chi connectivity index (χ2n) is 5.38. The maximum absolute atomic E-state index is 13.8. The molecular weight excluding hydrogens is 279 g/mol. The Morgan fingerprint density at radius 2 is 1.90 bits per heavy atom. The average molecular weight is 296 g/mol. The van der Waals surface area contributed by atoms with Crippen LogP contribution < -0.4 is 0 Å². The summed E-state index contributed by atoms with van der Waals surface area (Å²) in [5.74, 6) is -0.660. The average Bonchev–Trinajstić information content (AvgIpc) is 2.65. The first-order valence-electron chi connectivity index (χ1n) is 6.63. The molecule has 0 saturated carbocycles. The minimum Gasteiger partial charge on any atom is -0.304 e. The SMILES string of the molecule is CN1CCN(CC2=CS(=O)(=O)c3c(F)cccc32)CC1. The molecule has 0 aromatic heterocycles. The first-order chi connectivity index (χ1) is 9.47. The van der Waals surface area contributed by atoms with Gasteiger partial charge in [-0.1, -0.05) is 12.1 Å². The molecule has 2 heterocycles. The molecule has 3 rings (SSSR count). The van der Waals surface area contributed by atoms with Gasteiger partial charge in [0.05, 0.1) is 0 Å². The lowest BCUT2D eigenvalue weighted by Gasteiger charge is -2.32. The van der Waals surface area contributed by atoms with Gasteiger partial charge in [0.15, 0.2) is 0 Å². The van der Waals surface area contributed by atoms with E-state index in [9.17, 15) is 12.8 Å². The third-order valence-electron chi connectivity index (χ3n) is 3.88. The number of hydrogen-bond donors (Lipinski definition) is 0. The number of sulfone groups is 1. The molecule has 0 spiro atoms. The Balaban J connectivity index is 1.88. The molecule has 6 heteroatoms. The molecule has 0 bridgehead atoms. The summed E-state index contributed by atoms with van der Waals surface area (Å²) < 4.78 is 37.8. The number of piperazine rings is 1. The molecule has 2 aliphatic rings. The monoisotopic (exact) mass is 296 g/mol. The Kier molecular flexibility index (Phi) is 3.40. The second-order valence-corrected chi connectivity index (χ2v) is 7.12. The summed E-state index contributed by atoms with van der Waals surface area (Å²) in [6, 6.07) is 4.45. The van der Waals surface area contributed by atoms with E-state index in [1.807, 2.05) is 0 Å². The number of likely N-dealkylation sites (N-methyl/N-ethyl adjacent to an activating group) is 1. The highest BCUT2D eigenvalue weighted by molar-refractivity contribution is 7.95. The lowest BCUT2D eigenvalue weighted by atomic mass is 10.1. The van der Waals surface area contributed by atoms with Crippen LogP contribution >= 0.6 is 0 Å². The number of hydrogen-bond acceptors (Lipinski definition) is 4. The van der Waals surface area contributed by atoms with Gasteiger partial charge in [-0.05, 0) is 18.7 Å². The largest absolute Gasteiger partial charge is 0.304 e. The van der Waals surface area contributed by atoms with Gasteiger partial charge in [-0.15, -0.1) is 0 Å². The van der Waals surface area contributed by atoms with E-state index in [-0.39, 0.29) is 4.90 Å². The van der Waals surface area contributed by atoms with Crippen LogP contribution in [0.1, 0.15) is 5.56 Å². The van der Waals surface area contributed by atoms with Crippen LogP contribution in [0.2, 0.25) is 0 Å². The summed E-state index contributed by atoms with van der Waals surface area (Å²) in [4.78, 5) is 4.29.